The Morgan fingerprint density at radius 3 is 1.00 bits per heavy atom. The van der Waals surface area contributed by atoms with Crippen molar-refractivity contribution in [3.8, 4) is 0 Å². The third kappa shape index (κ3) is 24.6. The molecule has 0 radical (unpaired) electrons. The Kier molecular flexibility index (Phi) is 47.7. The van der Waals surface area contributed by atoms with Crippen molar-refractivity contribution in [1.29, 1.82) is 0 Å². The molecule has 0 rings (SSSR count). The van der Waals surface area contributed by atoms with E-state index in [2.05, 4.69) is 13.2 Å². The van der Waals surface area contributed by atoms with Crippen molar-refractivity contribution < 1.29 is 37.7 Å². The maximum Gasteiger partial charge on any atom is 1.00 e. The molecule has 0 amide bonds. The van der Waals surface area contributed by atoms with Crippen molar-refractivity contribution in [2.45, 2.75) is 0 Å². The maximum atomic E-state index is 4.54. The summed E-state index contributed by atoms with van der Waals surface area (Å²) < 4.78 is 0. The topological polar surface area (TPSA) is 0 Å². The molecule has 20 valence electrons. The molecule has 0 unspecified atom stereocenters. The zero-order valence-electron chi connectivity index (χ0n) is 4.15. The third-order valence-corrected chi connectivity index (χ3v) is 0.0833. The normalized spacial score (nSPS) is 2.00. The van der Waals surface area contributed by atoms with Crippen LogP contribution in [0.5, 0.6) is 0 Å². The first-order valence-electron chi connectivity index (χ1n) is 0.827. The molecule has 0 aromatic rings. The summed E-state index contributed by atoms with van der Waals surface area (Å²) in [5, 5.41) is 0. The van der Waals surface area contributed by atoms with Gasteiger partial charge in [0.15, 0.2) is 0 Å². The van der Waals surface area contributed by atoms with Gasteiger partial charge in [0, 0.05) is 0 Å². The molecule has 0 saturated carbocycles. The van der Waals surface area contributed by atoms with Gasteiger partial charge in [-0.15, -0.1) is 0 Å². The molecular formula is C4H2Li2. The second kappa shape index (κ2) is 17.8. The molecule has 0 heterocycles. The first kappa shape index (κ1) is 16.1. The molecule has 0 aliphatic rings. The molecule has 0 aromatic heterocycles. The summed E-state index contributed by atoms with van der Waals surface area (Å²) in [4.78, 5) is 0. The van der Waals surface area contributed by atoms with Crippen LogP contribution in [0.25, 0.3) is 0 Å². The van der Waals surface area contributed by atoms with Crippen LogP contribution in [0.4, 0.5) is 0 Å². The average molecular weight is 63.9 g/mol. The van der Waals surface area contributed by atoms with Gasteiger partial charge in [0.1, 0.15) is 0 Å². The molecule has 0 N–H and O–H groups in total. The first-order chi connectivity index (χ1) is 1.91. The van der Waals surface area contributed by atoms with Crippen LogP contribution in [0.15, 0.2) is 11.5 Å². The van der Waals surface area contributed by atoms with Gasteiger partial charge in [-0.05, 0) is 0 Å². The van der Waals surface area contributed by atoms with E-state index in [0.717, 1.165) is 0 Å². The van der Waals surface area contributed by atoms with Gasteiger partial charge >= 0.3 is 37.7 Å². The van der Waals surface area contributed by atoms with Gasteiger partial charge in [-0.1, -0.05) is 0 Å². The van der Waals surface area contributed by atoms with Crippen LogP contribution < -0.4 is 37.7 Å². The van der Waals surface area contributed by atoms with Crippen LogP contribution in [0, 0.1) is 13.2 Å². The van der Waals surface area contributed by atoms with Gasteiger partial charge in [0.05, 0.1) is 0 Å². The van der Waals surface area contributed by atoms with Crippen LogP contribution in [0.2, 0.25) is 0 Å². The summed E-state index contributed by atoms with van der Waals surface area (Å²) >= 11 is 0. The van der Waals surface area contributed by atoms with Crippen molar-refractivity contribution in [1.82, 2.24) is 0 Å². The maximum absolute atomic E-state index is 4.54. The summed E-state index contributed by atoms with van der Waals surface area (Å²) in [5.74, 6) is 0. The van der Waals surface area contributed by atoms with E-state index < -0.39 is 0 Å². The number of hydrogen-bond acceptors (Lipinski definition) is 0. The smallest absolute Gasteiger partial charge is 0.537 e. The Hall–Kier alpha value is 0.495. The molecule has 6 heavy (non-hydrogen) atoms. The Bertz CT molecular complexity index is 55.6. The molecule has 0 nitrogen and oxygen atoms in total. The first-order valence-corrected chi connectivity index (χ1v) is 0.827. The second-order valence-electron chi connectivity index (χ2n) is 0.289. The predicted octanol–water partition coefficient (Wildman–Crippen LogP) is -5.27. The standard InChI is InChI=1S/C4H2.2Li/c1-3-4-2;;/h1-2H;;/q-2;2*+1. The molecule has 0 fully saturated rings. The van der Waals surface area contributed by atoms with E-state index in [1.54, 1.807) is 0 Å². The van der Waals surface area contributed by atoms with E-state index in [1.165, 1.54) is 0 Å². The van der Waals surface area contributed by atoms with E-state index in [1.807, 2.05) is 11.5 Å². The van der Waals surface area contributed by atoms with E-state index in [-0.39, 0.29) is 37.7 Å². The largest absolute Gasteiger partial charge is 1.00 e. The number of hydrogen-bond donors (Lipinski definition) is 0. The van der Waals surface area contributed by atoms with Gasteiger partial charge in [-0.3, -0.25) is 0 Å². The van der Waals surface area contributed by atoms with Crippen molar-refractivity contribution >= 4 is 0 Å². The van der Waals surface area contributed by atoms with Crippen LogP contribution in [0.3, 0.4) is 0 Å². The zero-order valence-corrected chi connectivity index (χ0v) is 4.15. The van der Waals surface area contributed by atoms with Gasteiger partial charge in [-0.2, -0.15) is 0 Å². The van der Waals surface area contributed by atoms with Gasteiger partial charge in [0.2, 0.25) is 0 Å². The fourth-order valence-electron chi connectivity index (χ4n) is 0. The summed E-state index contributed by atoms with van der Waals surface area (Å²) in [7, 11) is 0. The Morgan fingerprint density at radius 1 is 0.833 bits per heavy atom. The zero-order chi connectivity index (χ0) is 3.41. The summed E-state index contributed by atoms with van der Waals surface area (Å²) in [6.07, 6.45) is 0. The quantitative estimate of drug-likeness (QED) is 0.150. The van der Waals surface area contributed by atoms with Crippen LogP contribution >= 0.6 is 0 Å². The van der Waals surface area contributed by atoms with Crippen molar-refractivity contribution in [2.24, 2.45) is 0 Å². The fourth-order valence-corrected chi connectivity index (χ4v) is 0. The minimum absolute atomic E-state index is 0. The molecule has 0 aliphatic carbocycles. The monoisotopic (exact) mass is 64.0 g/mol. The van der Waals surface area contributed by atoms with Crippen LogP contribution in [-0.4, -0.2) is 0 Å². The second-order valence-corrected chi connectivity index (χ2v) is 0.289. The summed E-state index contributed by atoms with van der Waals surface area (Å²) in [6, 6.07) is 0. The Labute approximate surface area is 62.4 Å². The van der Waals surface area contributed by atoms with Gasteiger partial charge in [0.25, 0.3) is 0 Å². The van der Waals surface area contributed by atoms with Crippen molar-refractivity contribution in [3.63, 3.8) is 0 Å². The molecule has 0 spiro atoms. The molecule has 0 saturated heterocycles. The van der Waals surface area contributed by atoms with E-state index in [9.17, 15) is 0 Å². The summed E-state index contributed by atoms with van der Waals surface area (Å²) in [6.45, 7) is 9.08. The molecule has 0 bridgehead atoms. The fraction of sp³-hybridized carbons (Fsp3) is 0. The minimum Gasteiger partial charge on any atom is -0.537 e. The van der Waals surface area contributed by atoms with E-state index >= 15 is 0 Å². The summed E-state index contributed by atoms with van der Waals surface area (Å²) in [5.41, 5.74) is 3.92. The molecule has 0 aromatic carbocycles. The number of rotatable bonds is 0. The molecule has 2 heteroatoms. The Balaban J connectivity index is -0.0000000450. The Morgan fingerprint density at radius 2 is 1.00 bits per heavy atom. The van der Waals surface area contributed by atoms with E-state index in [0.29, 0.717) is 0 Å². The van der Waals surface area contributed by atoms with Crippen molar-refractivity contribution in [2.75, 3.05) is 0 Å². The SMILES string of the molecule is [CH-]=C=C=[CH-].[Li+].[Li+]. The predicted molar refractivity (Wildman–Crippen MR) is 15.6 cm³/mol. The van der Waals surface area contributed by atoms with E-state index in [4.69, 9.17) is 0 Å². The van der Waals surface area contributed by atoms with Crippen LogP contribution in [-0.2, 0) is 0 Å². The average Bonchev–Trinajstić information content (AvgIpc) is 1.37. The molecule has 0 aliphatic heterocycles. The third-order valence-electron chi connectivity index (χ3n) is 0.0833. The van der Waals surface area contributed by atoms with Gasteiger partial charge < -0.3 is 24.6 Å². The van der Waals surface area contributed by atoms with Crippen molar-refractivity contribution in [3.05, 3.63) is 24.6 Å². The molecular weight excluding hydrogens is 61.9 g/mol. The van der Waals surface area contributed by atoms with Gasteiger partial charge in [-0.25, -0.2) is 0 Å². The molecule has 0 atom stereocenters. The van der Waals surface area contributed by atoms with Crippen LogP contribution in [0.1, 0.15) is 0 Å². The minimum atomic E-state index is 0.